The minimum absolute atomic E-state index is 0.446. The standard InChI is InChI=1S/C25H34N6S/c1-18-16-19(2)27-23(26-18)29-24(30-25(32)28-22-10-6-7-11-22)31-14-12-21(13-15-31)17-20-8-4-3-5-9-20/h3-5,8-9,16,21-22H,6-7,10-15,17H2,1-2H3,(H2,26,27,28,29,30,32). The number of nitrogens with zero attached hydrogens (tertiary/aromatic N) is 4. The Hall–Kier alpha value is -2.54. The number of likely N-dealkylation sites (tertiary alicyclic amines) is 1. The van der Waals surface area contributed by atoms with Crippen molar-refractivity contribution < 1.29 is 0 Å². The predicted octanol–water partition coefficient (Wildman–Crippen LogP) is 4.63. The van der Waals surface area contributed by atoms with E-state index in [1.54, 1.807) is 0 Å². The van der Waals surface area contributed by atoms with Crippen LogP contribution in [0.15, 0.2) is 41.4 Å². The number of hydrogen-bond donors (Lipinski definition) is 2. The molecule has 0 unspecified atom stereocenters. The largest absolute Gasteiger partial charge is 0.358 e. The van der Waals surface area contributed by atoms with Crippen molar-refractivity contribution in [3.05, 3.63) is 53.3 Å². The minimum Gasteiger partial charge on any atom is -0.358 e. The Balaban J connectivity index is 1.44. The molecular weight excluding hydrogens is 416 g/mol. The number of guanidine groups is 1. The smallest absolute Gasteiger partial charge is 0.229 e. The lowest BCUT2D eigenvalue weighted by Gasteiger charge is -2.34. The first-order chi connectivity index (χ1) is 15.5. The Labute approximate surface area is 197 Å². The third kappa shape index (κ3) is 6.48. The summed E-state index contributed by atoms with van der Waals surface area (Å²) in [6, 6.07) is 13.2. The molecule has 1 aliphatic heterocycles. The van der Waals surface area contributed by atoms with Crippen molar-refractivity contribution in [1.82, 2.24) is 20.2 Å². The fraction of sp³-hybridized carbons (Fsp3) is 0.520. The van der Waals surface area contributed by atoms with Crippen LogP contribution in [-0.4, -0.2) is 45.1 Å². The first-order valence-corrected chi connectivity index (χ1v) is 12.2. The molecule has 1 aromatic carbocycles. The molecule has 2 fully saturated rings. The summed E-state index contributed by atoms with van der Waals surface area (Å²) in [7, 11) is 0. The Morgan fingerprint density at radius 1 is 1.03 bits per heavy atom. The number of benzene rings is 1. The zero-order chi connectivity index (χ0) is 22.3. The van der Waals surface area contributed by atoms with Gasteiger partial charge in [0.2, 0.25) is 11.9 Å². The summed E-state index contributed by atoms with van der Waals surface area (Å²) in [6.07, 6.45) is 8.27. The van der Waals surface area contributed by atoms with Gasteiger partial charge in [0.05, 0.1) is 0 Å². The molecule has 4 rings (SSSR count). The van der Waals surface area contributed by atoms with Gasteiger partial charge >= 0.3 is 0 Å². The van der Waals surface area contributed by atoms with Crippen LogP contribution in [0, 0.1) is 19.8 Å². The van der Waals surface area contributed by atoms with Gasteiger partial charge in [-0.3, -0.25) is 5.32 Å². The van der Waals surface area contributed by atoms with Crippen molar-refractivity contribution in [3.63, 3.8) is 0 Å². The van der Waals surface area contributed by atoms with Gasteiger partial charge in [-0.2, -0.15) is 4.99 Å². The molecule has 0 amide bonds. The molecule has 0 spiro atoms. The average molecular weight is 451 g/mol. The number of aromatic nitrogens is 2. The molecule has 1 aliphatic carbocycles. The van der Waals surface area contributed by atoms with Gasteiger partial charge in [-0.1, -0.05) is 43.2 Å². The Morgan fingerprint density at radius 3 is 2.34 bits per heavy atom. The van der Waals surface area contributed by atoms with Gasteiger partial charge in [0, 0.05) is 30.5 Å². The highest BCUT2D eigenvalue weighted by Crippen LogP contribution is 2.22. The summed E-state index contributed by atoms with van der Waals surface area (Å²) in [5.41, 5.74) is 3.30. The van der Waals surface area contributed by atoms with E-state index in [9.17, 15) is 0 Å². The van der Waals surface area contributed by atoms with Crippen molar-refractivity contribution in [2.45, 2.75) is 64.8 Å². The first kappa shape index (κ1) is 22.6. The van der Waals surface area contributed by atoms with E-state index >= 15 is 0 Å². The number of nitrogens with one attached hydrogen (secondary N) is 2. The molecule has 0 radical (unpaired) electrons. The van der Waals surface area contributed by atoms with Crippen LogP contribution in [0.5, 0.6) is 0 Å². The van der Waals surface area contributed by atoms with Crippen molar-refractivity contribution in [2.75, 3.05) is 18.4 Å². The van der Waals surface area contributed by atoms with Crippen molar-refractivity contribution in [1.29, 1.82) is 0 Å². The lowest BCUT2D eigenvalue weighted by Crippen LogP contribution is -2.44. The summed E-state index contributed by atoms with van der Waals surface area (Å²) in [4.78, 5) is 16.2. The van der Waals surface area contributed by atoms with Crippen LogP contribution in [0.25, 0.3) is 0 Å². The summed E-state index contributed by atoms with van der Waals surface area (Å²) >= 11 is 5.61. The second kappa shape index (κ2) is 10.9. The Bertz CT molecular complexity index is 910. The molecule has 6 nitrogen and oxygen atoms in total. The second-order valence-corrected chi connectivity index (χ2v) is 9.47. The lowest BCUT2D eigenvalue weighted by molar-refractivity contribution is 0.265. The predicted molar refractivity (Wildman–Crippen MR) is 135 cm³/mol. The van der Waals surface area contributed by atoms with Gasteiger partial charge in [0.1, 0.15) is 0 Å². The highest BCUT2D eigenvalue weighted by atomic mass is 32.1. The first-order valence-electron chi connectivity index (χ1n) is 11.8. The van der Waals surface area contributed by atoms with E-state index in [0.717, 1.165) is 49.7 Å². The lowest BCUT2D eigenvalue weighted by atomic mass is 9.90. The Morgan fingerprint density at radius 2 is 1.69 bits per heavy atom. The molecule has 7 heteroatoms. The molecule has 1 aromatic heterocycles. The van der Waals surface area contributed by atoms with E-state index in [-0.39, 0.29) is 0 Å². The number of hydrogen-bond acceptors (Lipinski definition) is 3. The van der Waals surface area contributed by atoms with Gasteiger partial charge < -0.3 is 10.2 Å². The molecule has 2 heterocycles. The van der Waals surface area contributed by atoms with E-state index in [1.165, 1.54) is 31.2 Å². The zero-order valence-corrected chi connectivity index (χ0v) is 20.0. The summed E-state index contributed by atoms with van der Waals surface area (Å²) in [5.74, 6) is 2.02. The molecule has 2 aliphatic rings. The van der Waals surface area contributed by atoms with Crippen LogP contribution in [0.3, 0.4) is 0 Å². The van der Waals surface area contributed by atoms with Gasteiger partial charge in [0.15, 0.2) is 5.11 Å². The van der Waals surface area contributed by atoms with Gasteiger partial charge in [-0.05, 0) is 75.7 Å². The normalized spacial score (nSPS) is 18.1. The maximum absolute atomic E-state index is 5.61. The molecular formula is C25H34N6S. The third-order valence-electron chi connectivity index (χ3n) is 6.38. The molecule has 0 bridgehead atoms. The molecule has 1 saturated heterocycles. The van der Waals surface area contributed by atoms with Crippen molar-refractivity contribution in [3.8, 4) is 0 Å². The number of rotatable bonds is 4. The summed E-state index contributed by atoms with van der Waals surface area (Å²) in [5, 5.41) is 7.36. The second-order valence-electron chi connectivity index (χ2n) is 9.09. The number of thiocarbonyl (C=S) groups is 1. The quantitative estimate of drug-likeness (QED) is 0.402. The number of aryl methyl sites for hydroxylation is 2. The van der Waals surface area contributed by atoms with Gasteiger partial charge in [-0.15, -0.1) is 0 Å². The van der Waals surface area contributed by atoms with Crippen LogP contribution >= 0.6 is 12.2 Å². The van der Waals surface area contributed by atoms with E-state index in [0.29, 0.717) is 23.0 Å². The fourth-order valence-electron chi connectivity index (χ4n) is 4.73. The van der Waals surface area contributed by atoms with Crippen LogP contribution in [0.2, 0.25) is 0 Å². The molecule has 0 atom stereocenters. The maximum Gasteiger partial charge on any atom is 0.229 e. The topological polar surface area (TPSA) is 65.4 Å². The van der Waals surface area contributed by atoms with E-state index in [1.807, 2.05) is 19.9 Å². The summed E-state index contributed by atoms with van der Waals surface area (Å²) < 4.78 is 0. The van der Waals surface area contributed by atoms with Crippen molar-refractivity contribution >= 4 is 29.2 Å². The maximum atomic E-state index is 5.61. The minimum atomic E-state index is 0.446. The zero-order valence-electron chi connectivity index (χ0n) is 19.2. The fourth-order valence-corrected chi connectivity index (χ4v) is 4.98. The van der Waals surface area contributed by atoms with Crippen LogP contribution < -0.4 is 10.6 Å². The highest BCUT2D eigenvalue weighted by Gasteiger charge is 2.24. The molecule has 2 N–H and O–H groups in total. The van der Waals surface area contributed by atoms with Gasteiger partial charge in [0.25, 0.3) is 0 Å². The van der Waals surface area contributed by atoms with Crippen LogP contribution in [-0.2, 0) is 6.42 Å². The third-order valence-corrected chi connectivity index (χ3v) is 6.59. The SMILES string of the molecule is Cc1cc(C)nc(N/C(=N/C(=S)NC2CCCC2)N2CCC(Cc3ccccc3)CC2)n1. The molecule has 170 valence electrons. The summed E-state index contributed by atoms with van der Waals surface area (Å²) in [6.45, 7) is 5.86. The molecule has 2 aromatic rings. The number of anilines is 1. The van der Waals surface area contributed by atoms with E-state index in [2.05, 4.69) is 55.8 Å². The monoisotopic (exact) mass is 450 g/mol. The molecule has 32 heavy (non-hydrogen) atoms. The van der Waals surface area contributed by atoms with Gasteiger partial charge in [-0.25, -0.2) is 9.97 Å². The average Bonchev–Trinajstić information content (AvgIpc) is 3.27. The van der Waals surface area contributed by atoms with E-state index < -0.39 is 0 Å². The van der Waals surface area contributed by atoms with E-state index in [4.69, 9.17) is 17.2 Å². The molecule has 1 saturated carbocycles. The van der Waals surface area contributed by atoms with Crippen LogP contribution in [0.1, 0.15) is 55.5 Å². The van der Waals surface area contributed by atoms with Crippen molar-refractivity contribution in [2.24, 2.45) is 10.9 Å². The Kier molecular flexibility index (Phi) is 7.68. The number of piperidine rings is 1. The van der Waals surface area contributed by atoms with Crippen LogP contribution in [0.4, 0.5) is 5.95 Å². The number of aliphatic imine (C=N–C) groups is 1. The highest BCUT2D eigenvalue weighted by molar-refractivity contribution is 7.80.